The van der Waals surface area contributed by atoms with Crippen molar-refractivity contribution in [1.29, 1.82) is 0 Å². The molecule has 2 heterocycles. The molecule has 1 saturated heterocycles. The number of imide groups is 1. The van der Waals surface area contributed by atoms with E-state index in [0.29, 0.717) is 28.1 Å². The van der Waals surface area contributed by atoms with Gasteiger partial charge >= 0.3 is 0 Å². The lowest BCUT2D eigenvalue weighted by Crippen LogP contribution is -2.44. The second kappa shape index (κ2) is 4.75. The Morgan fingerprint density at radius 3 is 2.75 bits per heavy atom. The molecular formula is C13H11Cl2N3O2. The number of hydrogen-bond donors (Lipinski definition) is 1. The average Bonchev–Trinajstić information content (AvgIpc) is 2.69. The fraction of sp³-hybridized carbons (Fsp3) is 0.308. The molecule has 3 rings (SSSR count). The molecule has 1 atom stereocenters. The van der Waals surface area contributed by atoms with Crippen LogP contribution in [0.2, 0.25) is 10.0 Å². The van der Waals surface area contributed by atoms with Crippen LogP contribution in [0.5, 0.6) is 0 Å². The van der Waals surface area contributed by atoms with E-state index in [9.17, 15) is 9.59 Å². The van der Waals surface area contributed by atoms with Crippen molar-refractivity contribution in [2.24, 2.45) is 4.99 Å². The number of amidine groups is 1. The molecule has 2 aliphatic heterocycles. The van der Waals surface area contributed by atoms with Crippen molar-refractivity contribution in [2.45, 2.75) is 25.9 Å². The molecule has 20 heavy (non-hydrogen) atoms. The van der Waals surface area contributed by atoms with E-state index < -0.39 is 6.04 Å². The molecule has 1 aromatic carbocycles. The SMILES string of the molecule is CC1=Nc2c(Cl)cc(Cl)cc2CN1C1CC(=O)NC1=O. The molecule has 0 bridgehead atoms. The van der Waals surface area contributed by atoms with E-state index in [1.807, 2.05) is 0 Å². The van der Waals surface area contributed by atoms with Crippen LogP contribution in [0.3, 0.4) is 0 Å². The van der Waals surface area contributed by atoms with Crippen LogP contribution >= 0.6 is 23.2 Å². The summed E-state index contributed by atoms with van der Waals surface area (Å²) >= 11 is 12.1. The molecule has 104 valence electrons. The summed E-state index contributed by atoms with van der Waals surface area (Å²) in [5, 5.41) is 3.31. The lowest BCUT2D eigenvalue weighted by molar-refractivity contribution is -0.125. The molecule has 5 nitrogen and oxygen atoms in total. The minimum Gasteiger partial charge on any atom is -0.343 e. The number of nitrogens with one attached hydrogen (secondary N) is 1. The Morgan fingerprint density at radius 2 is 2.10 bits per heavy atom. The van der Waals surface area contributed by atoms with Gasteiger partial charge in [0.05, 0.1) is 17.1 Å². The number of rotatable bonds is 1. The second-order valence-electron chi connectivity index (χ2n) is 4.81. The van der Waals surface area contributed by atoms with E-state index in [1.165, 1.54) is 0 Å². The van der Waals surface area contributed by atoms with E-state index in [0.717, 1.165) is 5.56 Å². The molecule has 0 radical (unpaired) electrons. The highest BCUT2D eigenvalue weighted by atomic mass is 35.5. The zero-order valence-corrected chi connectivity index (χ0v) is 12.1. The first-order valence-corrected chi connectivity index (χ1v) is 6.85. The summed E-state index contributed by atoms with van der Waals surface area (Å²) < 4.78 is 0. The van der Waals surface area contributed by atoms with Crippen molar-refractivity contribution in [3.05, 3.63) is 27.7 Å². The molecule has 2 aliphatic rings. The van der Waals surface area contributed by atoms with Gasteiger partial charge in [-0.05, 0) is 19.1 Å². The minimum atomic E-state index is -0.517. The largest absolute Gasteiger partial charge is 0.343 e. The van der Waals surface area contributed by atoms with Gasteiger partial charge < -0.3 is 4.90 Å². The fourth-order valence-electron chi connectivity index (χ4n) is 2.52. The normalized spacial score (nSPS) is 21.6. The molecule has 0 spiro atoms. The lowest BCUT2D eigenvalue weighted by atomic mass is 10.1. The number of halogens is 2. The fourth-order valence-corrected chi connectivity index (χ4v) is 3.09. The first-order chi connectivity index (χ1) is 9.45. The lowest BCUT2D eigenvalue weighted by Gasteiger charge is -2.32. The van der Waals surface area contributed by atoms with Crippen LogP contribution in [0.25, 0.3) is 0 Å². The van der Waals surface area contributed by atoms with Gasteiger partial charge in [0, 0.05) is 17.1 Å². The highest BCUT2D eigenvalue weighted by Gasteiger charge is 2.37. The predicted octanol–water partition coefficient (Wildman–Crippen LogP) is 2.27. The Morgan fingerprint density at radius 1 is 1.35 bits per heavy atom. The van der Waals surface area contributed by atoms with E-state index in [2.05, 4.69) is 10.3 Å². The topological polar surface area (TPSA) is 61.8 Å². The Hall–Kier alpha value is -1.59. The van der Waals surface area contributed by atoms with Crippen LogP contribution in [-0.2, 0) is 16.1 Å². The number of aliphatic imine (C=N–C) groups is 1. The van der Waals surface area contributed by atoms with Gasteiger partial charge in [-0.15, -0.1) is 0 Å². The van der Waals surface area contributed by atoms with Crippen LogP contribution in [0, 0.1) is 0 Å². The summed E-state index contributed by atoms with van der Waals surface area (Å²) in [5.41, 5.74) is 1.52. The predicted molar refractivity (Wildman–Crippen MR) is 76.3 cm³/mol. The van der Waals surface area contributed by atoms with Gasteiger partial charge in [0.1, 0.15) is 11.9 Å². The molecule has 0 aliphatic carbocycles. The summed E-state index contributed by atoms with van der Waals surface area (Å²) in [6.07, 6.45) is 0.148. The molecule has 0 aromatic heterocycles. The molecule has 1 fully saturated rings. The number of hydrogen-bond acceptors (Lipinski definition) is 4. The van der Waals surface area contributed by atoms with Crippen molar-refractivity contribution in [3.8, 4) is 0 Å². The van der Waals surface area contributed by atoms with Gasteiger partial charge in [0.2, 0.25) is 11.8 Å². The molecule has 0 saturated carbocycles. The summed E-state index contributed by atoms with van der Waals surface area (Å²) in [4.78, 5) is 29.4. The number of amides is 2. The Balaban J connectivity index is 1.99. The van der Waals surface area contributed by atoms with E-state index in [-0.39, 0.29) is 18.2 Å². The average molecular weight is 312 g/mol. The third-order valence-corrected chi connectivity index (χ3v) is 3.96. The van der Waals surface area contributed by atoms with Crippen LogP contribution in [-0.4, -0.2) is 28.6 Å². The standard InChI is InChI=1S/C13H11Cl2N3O2/c1-6-16-12-7(2-8(14)3-9(12)15)5-18(6)10-4-11(19)17-13(10)20/h2-3,10H,4-5H2,1H3,(H,17,19,20). The van der Waals surface area contributed by atoms with Crippen molar-refractivity contribution >= 4 is 46.5 Å². The monoisotopic (exact) mass is 311 g/mol. The smallest absolute Gasteiger partial charge is 0.249 e. The third-order valence-electron chi connectivity index (χ3n) is 3.46. The van der Waals surface area contributed by atoms with Gasteiger partial charge in [-0.3, -0.25) is 14.9 Å². The maximum atomic E-state index is 11.8. The molecule has 1 unspecified atom stereocenters. The number of carbonyl (C=O) groups excluding carboxylic acids is 2. The van der Waals surface area contributed by atoms with Crippen LogP contribution in [0.1, 0.15) is 18.9 Å². The molecular weight excluding hydrogens is 301 g/mol. The molecule has 7 heteroatoms. The minimum absolute atomic E-state index is 0.148. The summed E-state index contributed by atoms with van der Waals surface area (Å²) in [6.45, 7) is 2.25. The zero-order chi connectivity index (χ0) is 14.4. The van der Waals surface area contributed by atoms with E-state index in [4.69, 9.17) is 23.2 Å². The Bertz CT molecular complexity index is 657. The maximum Gasteiger partial charge on any atom is 0.249 e. The van der Waals surface area contributed by atoms with Crippen molar-refractivity contribution < 1.29 is 9.59 Å². The molecule has 1 aromatic rings. The number of nitrogens with zero attached hydrogens (tertiary/aromatic N) is 2. The van der Waals surface area contributed by atoms with Gasteiger partial charge in [0.15, 0.2) is 0 Å². The highest BCUT2D eigenvalue weighted by Crippen LogP contribution is 2.37. The summed E-state index contributed by atoms with van der Waals surface area (Å²) in [7, 11) is 0. The van der Waals surface area contributed by atoms with E-state index in [1.54, 1.807) is 24.0 Å². The highest BCUT2D eigenvalue weighted by molar-refractivity contribution is 6.36. The number of carbonyl (C=O) groups is 2. The van der Waals surface area contributed by atoms with Crippen LogP contribution in [0.4, 0.5) is 5.69 Å². The van der Waals surface area contributed by atoms with Crippen molar-refractivity contribution in [3.63, 3.8) is 0 Å². The summed E-state index contributed by atoms with van der Waals surface area (Å²) in [5.74, 6) is 0.112. The Kier molecular flexibility index (Phi) is 3.18. The number of fused-ring (bicyclic) bond motifs is 1. The Labute approximate surface area is 125 Å². The van der Waals surface area contributed by atoms with Crippen LogP contribution < -0.4 is 5.32 Å². The second-order valence-corrected chi connectivity index (χ2v) is 5.66. The van der Waals surface area contributed by atoms with Gasteiger partial charge in [-0.2, -0.15) is 0 Å². The molecule has 1 N–H and O–H groups in total. The quantitative estimate of drug-likeness (QED) is 0.809. The van der Waals surface area contributed by atoms with Crippen LogP contribution in [0.15, 0.2) is 17.1 Å². The van der Waals surface area contributed by atoms with Gasteiger partial charge in [0.25, 0.3) is 0 Å². The van der Waals surface area contributed by atoms with Crippen molar-refractivity contribution in [1.82, 2.24) is 10.2 Å². The third kappa shape index (κ3) is 2.17. The zero-order valence-electron chi connectivity index (χ0n) is 10.6. The van der Waals surface area contributed by atoms with Gasteiger partial charge in [-0.1, -0.05) is 23.2 Å². The first-order valence-electron chi connectivity index (χ1n) is 6.09. The van der Waals surface area contributed by atoms with E-state index >= 15 is 0 Å². The molecule has 2 amide bonds. The van der Waals surface area contributed by atoms with Gasteiger partial charge in [-0.25, -0.2) is 4.99 Å². The number of benzene rings is 1. The summed E-state index contributed by atoms with van der Waals surface area (Å²) in [6, 6.07) is 2.90. The van der Waals surface area contributed by atoms with Crippen molar-refractivity contribution in [2.75, 3.05) is 0 Å². The maximum absolute atomic E-state index is 11.8. The first kappa shape index (κ1) is 13.4.